The van der Waals surface area contributed by atoms with Gasteiger partial charge in [-0.1, -0.05) is 42.1 Å². The second kappa shape index (κ2) is 9.22. The van der Waals surface area contributed by atoms with E-state index >= 15 is 0 Å². The van der Waals surface area contributed by atoms with Crippen LogP contribution in [0.3, 0.4) is 0 Å². The summed E-state index contributed by atoms with van der Waals surface area (Å²) in [5.41, 5.74) is 1.08. The van der Waals surface area contributed by atoms with Crippen molar-refractivity contribution in [1.29, 1.82) is 0 Å². The molecule has 134 valence electrons. The highest BCUT2D eigenvalue weighted by Crippen LogP contribution is 2.17. The van der Waals surface area contributed by atoms with Crippen LogP contribution in [0.25, 0.3) is 0 Å². The molecule has 1 amide bonds. The monoisotopic (exact) mass is 362 g/mol. The Balaban J connectivity index is 1.87. The van der Waals surface area contributed by atoms with Crippen molar-refractivity contribution in [2.45, 2.75) is 25.0 Å². The van der Waals surface area contributed by atoms with Crippen LogP contribution in [0.1, 0.15) is 18.3 Å². The Labute approximate surface area is 151 Å². The molecule has 25 heavy (non-hydrogen) atoms. The standard InChI is InChI=1S/C17H22N4O3S/c1-4-24-16(23)10-14-18-19-17(21(14)3)25-12-15(22)20(2)11-13-8-6-5-7-9-13/h5-9H,4,10-12H2,1-3H3. The number of nitrogens with zero attached hydrogens (tertiary/aromatic N) is 4. The summed E-state index contributed by atoms with van der Waals surface area (Å²) in [6.45, 7) is 2.65. The molecule has 0 bridgehead atoms. The minimum atomic E-state index is -0.340. The molecule has 0 radical (unpaired) electrons. The van der Waals surface area contributed by atoms with Gasteiger partial charge in [0.25, 0.3) is 0 Å². The van der Waals surface area contributed by atoms with Crippen molar-refractivity contribution in [1.82, 2.24) is 19.7 Å². The number of thioether (sulfide) groups is 1. The van der Waals surface area contributed by atoms with E-state index in [1.165, 1.54) is 11.8 Å². The molecule has 0 unspecified atom stereocenters. The van der Waals surface area contributed by atoms with E-state index in [1.54, 1.807) is 30.5 Å². The third kappa shape index (κ3) is 5.60. The van der Waals surface area contributed by atoms with Crippen LogP contribution in [0.15, 0.2) is 35.5 Å². The molecular weight excluding hydrogens is 340 g/mol. The van der Waals surface area contributed by atoms with E-state index < -0.39 is 0 Å². The fourth-order valence-corrected chi connectivity index (χ4v) is 3.02. The molecule has 0 spiro atoms. The van der Waals surface area contributed by atoms with E-state index in [-0.39, 0.29) is 24.1 Å². The van der Waals surface area contributed by atoms with Crippen LogP contribution in [-0.2, 0) is 34.3 Å². The van der Waals surface area contributed by atoms with Gasteiger partial charge in [0.2, 0.25) is 5.91 Å². The molecule has 0 saturated heterocycles. The van der Waals surface area contributed by atoms with Crippen molar-refractivity contribution >= 4 is 23.6 Å². The lowest BCUT2D eigenvalue weighted by Crippen LogP contribution is -2.27. The Kier molecular flexibility index (Phi) is 7.00. The number of aromatic nitrogens is 3. The Bertz CT molecular complexity index is 718. The van der Waals surface area contributed by atoms with Gasteiger partial charge >= 0.3 is 5.97 Å². The van der Waals surface area contributed by atoms with Gasteiger partial charge in [0, 0.05) is 20.6 Å². The number of carbonyl (C=O) groups is 2. The molecule has 8 heteroatoms. The van der Waals surface area contributed by atoms with E-state index in [4.69, 9.17) is 4.74 Å². The van der Waals surface area contributed by atoms with Crippen LogP contribution in [-0.4, -0.2) is 50.9 Å². The van der Waals surface area contributed by atoms with Gasteiger partial charge in [-0.3, -0.25) is 9.59 Å². The number of esters is 1. The number of hydrogen-bond donors (Lipinski definition) is 0. The number of ether oxygens (including phenoxy) is 1. The SMILES string of the molecule is CCOC(=O)Cc1nnc(SCC(=O)N(C)Cc2ccccc2)n1C. The molecule has 7 nitrogen and oxygen atoms in total. The average molecular weight is 362 g/mol. The zero-order valence-corrected chi connectivity index (χ0v) is 15.5. The highest BCUT2D eigenvalue weighted by Gasteiger charge is 2.16. The lowest BCUT2D eigenvalue weighted by molar-refractivity contribution is -0.142. The van der Waals surface area contributed by atoms with E-state index in [1.807, 2.05) is 30.3 Å². The lowest BCUT2D eigenvalue weighted by Gasteiger charge is -2.16. The second-order valence-electron chi connectivity index (χ2n) is 5.46. The Morgan fingerprint density at radius 3 is 2.64 bits per heavy atom. The topological polar surface area (TPSA) is 77.3 Å². The Morgan fingerprint density at radius 2 is 1.96 bits per heavy atom. The molecule has 0 aliphatic heterocycles. The van der Waals surface area contributed by atoms with Gasteiger partial charge < -0.3 is 14.2 Å². The maximum Gasteiger partial charge on any atom is 0.313 e. The first-order chi connectivity index (χ1) is 12.0. The molecule has 2 rings (SSSR count). The van der Waals surface area contributed by atoms with Crippen LogP contribution in [0, 0.1) is 0 Å². The molecule has 0 atom stereocenters. The molecule has 1 aromatic heterocycles. The first kappa shape index (κ1) is 19.0. The zero-order valence-electron chi connectivity index (χ0n) is 14.6. The number of amides is 1. The quantitative estimate of drug-likeness (QED) is 0.525. The molecule has 0 saturated carbocycles. The smallest absolute Gasteiger partial charge is 0.313 e. The van der Waals surface area contributed by atoms with Crippen LogP contribution in [0.2, 0.25) is 0 Å². The van der Waals surface area contributed by atoms with E-state index in [0.717, 1.165) is 5.56 Å². The van der Waals surface area contributed by atoms with E-state index in [2.05, 4.69) is 10.2 Å². The molecule has 2 aromatic rings. The highest BCUT2D eigenvalue weighted by molar-refractivity contribution is 7.99. The van der Waals surface area contributed by atoms with Crippen LogP contribution in [0.4, 0.5) is 0 Å². The third-order valence-corrected chi connectivity index (χ3v) is 4.55. The molecular formula is C17H22N4O3S. The van der Waals surface area contributed by atoms with Crippen molar-refractivity contribution < 1.29 is 14.3 Å². The van der Waals surface area contributed by atoms with Gasteiger partial charge in [-0.05, 0) is 12.5 Å². The van der Waals surface area contributed by atoms with Gasteiger partial charge in [0.05, 0.1) is 12.4 Å². The van der Waals surface area contributed by atoms with E-state index in [0.29, 0.717) is 24.1 Å². The van der Waals surface area contributed by atoms with Gasteiger partial charge in [-0.2, -0.15) is 0 Å². The minimum absolute atomic E-state index is 0.00351. The average Bonchev–Trinajstić information content (AvgIpc) is 2.94. The number of hydrogen-bond acceptors (Lipinski definition) is 6. The van der Waals surface area contributed by atoms with Crippen molar-refractivity contribution in [3.05, 3.63) is 41.7 Å². The summed E-state index contributed by atoms with van der Waals surface area (Å²) in [5, 5.41) is 8.63. The fourth-order valence-electron chi connectivity index (χ4n) is 2.15. The molecule has 1 heterocycles. The van der Waals surface area contributed by atoms with E-state index in [9.17, 15) is 9.59 Å². The van der Waals surface area contributed by atoms with Crippen molar-refractivity contribution in [3.63, 3.8) is 0 Å². The third-order valence-electron chi connectivity index (χ3n) is 3.55. The van der Waals surface area contributed by atoms with Gasteiger partial charge in [0.15, 0.2) is 5.16 Å². The molecule has 1 aromatic carbocycles. The van der Waals surface area contributed by atoms with Crippen molar-refractivity contribution in [3.8, 4) is 0 Å². The maximum absolute atomic E-state index is 12.3. The predicted molar refractivity (Wildman–Crippen MR) is 95.0 cm³/mol. The summed E-state index contributed by atoms with van der Waals surface area (Å²) >= 11 is 1.30. The summed E-state index contributed by atoms with van der Waals surface area (Å²) in [4.78, 5) is 25.5. The molecule has 0 N–H and O–H groups in total. The summed E-state index contributed by atoms with van der Waals surface area (Å²) in [5.74, 6) is 0.442. The Hall–Kier alpha value is -2.35. The summed E-state index contributed by atoms with van der Waals surface area (Å²) in [7, 11) is 3.55. The van der Waals surface area contributed by atoms with Gasteiger partial charge in [-0.15, -0.1) is 10.2 Å². The maximum atomic E-state index is 12.3. The Morgan fingerprint density at radius 1 is 1.24 bits per heavy atom. The van der Waals surface area contributed by atoms with Crippen molar-refractivity contribution in [2.24, 2.45) is 7.05 Å². The number of benzene rings is 1. The number of carbonyl (C=O) groups excluding carboxylic acids is 2. The zero-order chi connectivity index (χ0) is 18.2. The molecule has 0 fully saturated rings. The minimum Gasteiger partial charge on any atom is -0.466 e. The molecule has 0 aliphatic carbocycles. The summed E-state index contributed by atoms with van der Waals surface area (Å²) < 4.78 is 6.62. The highest BCUT2D eigenvalue weighted by atomic mass is 32.2. The lowest BCUT2D eigenvalue weighted by atomic mass is 10.2. The number of rotatable bonds is 8. The van der Waals surface area contributed by atoms with Crippen LogP contribution in [0.5, 0.6) is 0 Å². The first-order valence-electron chi connectivity index (χ1n) is 7.95. The first-order valence-corrected chi connectivity index (χ1v) is 8.94. The van der Waals surface area contributed by atoms with Gasteiger partial charge in [-0.25, -0.2) is 0 Å². The fraction of sp³-hybridized carbons (Fsp3) is 0.412. The second-order valence-corrected chi connectivity index (χ2v) is 6.41. The van der Waals surface area contributed by atoms with Gasteiger partial charge in [0.1, 0.15) is 12.2 Å². The predicted octanol–water partition coefficient (Wildman–Crippen LogP) is 1.67. The van der Waals surface area contributed by atoms with Crippen LogP contribution >= 0.6 is 11.8 Å². The van der Waals surface area contributed by atoms with Crippen molar-refractivity contribution in [2.75, 3.05) is 19.4 Å². The normalized spacial score (nSPS) is 10.5. The molecule has 0 aliphatic rings. The summed E-state index contributed by atoms with van der Waals surface area (Å²) in [6, 6.07) is 9.83. The summed E-state index contributed by atoms with van der Waals surface area (Å²) in [6.07, 6.45) is 0.0692. The van der Waals surface area contributed by atoms with Crippen LogP contribution < -0.4 is 0 Å². The largest absolute Gasteiger partial charge is 0.466 e.